The minimum Gasteiger partial charge on any atom is -0.457 e. The van der Waals surface area contributed by atoms with Gasteiger partial charge in [0.1, 0.15) is 11.5 Å². The molecule has 133 heavy (non-hydrogen) atoms. The molecule has 12 aromatic carbocycles. The van der Waals surface area contributed by atoms with Crippen molar-refractivity contribution in [3.63, 3.8) is 0 Å². The maximum Gasteiger partial charge on any atom is 0.206 e. The molecular formula is C127H212O4S2. The van der Waals surface area contributed by atoms with Gasteiger partial charge in [0.05, 0.1) is 9.79 Å². The molecule has 0 spiro atoms. The second-order valence-corrected chi connectivity index (χ2v) is 27.3. The molecule has 756 valence electrons. The zero-order valence-electron chi connectivity index (χ0n) is 84.6. The van der Waals surface area contributed by atoms with Gasteiger partial charge < -0.3 is 4.74 Å². The highest BCUT2D eigenvalue weighted by Crippen LogP contribution is 2.35. The summed E-state index contributed by atoms with van der Waals surface area (Å²) in [4.78, 5) is 15.1. The van der Waals surface area contributed by atoms with Crippen molar-refractivity contribution in [1.29, 1.82) is 0 Å². The van der Waals surface area contributed by atoms with Crippen LogP contribution in [-0.2, 0) is 22.7 Å². The van der Waals surface area contributed by atoms with E-state index in [4.69, 9.17) is 4.74 Å². The highest BCUT2D eigenvalue weighted by Gasteiger charge is 2.21. The summed E-state index contributed by atoms with van der Waals surface area (Å²) >= 11 is 1.79. The average molecular weight is 1870 g/mol. The quantitative estimate of drug-likeness (QED) is 0.108. The third kappa shape index (κ3) is 90.0. The molecule has 0 atom stereocenters. The molecule has 0 amide bonds. The van der Waals surface area contributed by atoms with Gasteiger partial charge in [-0.05, 0) is 128 Å². The number of ketones is 1. The monoisotopic (exact) mass is 1870 g/mol. The molecule has 0 saturated heterocycles. The summed E-state index contributed by atoms with van der Waals surface area (Å²) in [6.07, 6.45) is 20.3. The molecule has 6 heteroatoms. The molecule has 2 aliphatic carbocycles. The molecule has 0 radical (unpaired) electrons. The van der Waals surface area contributed by atoms with Gasteiger partial charge in [-0.3, -0.25) is 4.79 Å². The molecule has 2 saturated carbocycles. The summed E-state index contributed by atoms with van der Waals surface area (Å²) in [7, 11) is -3.34. The van der Waals surface area contributed by atoms with E-state index in [-0.39, 0.29) is 65.2 Å². The maximum atomic E-state index is 12.0. The Morgan fingerprint density at radius 2 is 0.466 bits per heavy atom. The number of rotatable bonds is 13. The summed E-state index contributed by atoms with van der Waals surface area (Å²) in [5, 5.41) is 0. The van der Waals surface area contributed by atoms with E-state index >= 15 is 0 Å². The van der Waals surface area contributed by atoms with E-state index in [0.717, 1.165) is 47.3 Å². The van der Waals surface area contributed by atoms with Crippen LogP contribution in [0.15, 0.2) is 384 Å². The number of carbonyl (C=O) groups excluding carboxylic acids is 1. The SMILES string of the molecule is C.C.C.C.C.C.C.C.C1CCC(CC2CCCCC2)CC1.CC.CC.CC.CC.CC.CC.CC.CC.CC.CC.CC.CC.CC.CCC.CCc1ccccc1.Cc1ccccc1.O=C(c1ccccc1)c1ccccc1.O=S(=O)(c1ccccc1)c1ccccc1.c1ccc(Cc2ccccc2)cc1.c1ccc(Oc2ccccc2)cc1.c1ccc(Sc2ccccc2)cc1. The predicted molar refractivity (Wildman–Crippen MR) is 622 cm³/mol. The Bertz CT molecular complexity index is 3580. The van der Waals surface area contributed by atoms with Gasteiger partial charge in [0.25, 0.3) is 0 Å². The van der Waals surface area contributed by atoms with Crippen molar-refractivity contribution in [2.75, 3.05) is 0 Å². The first-order chi connectivity index (χ1) is 61.6. The van der Waals surface area contributed by atoms with Crippen molar-refractivity contribution in [3.8, 4) is 11.5 Å². The third-order valence-electron chi connectivity index (χ3n) is 16.0. The molecule has 0 aliphatic heterocycles. The average Bonchev–Trinajstić information content (AvgIpc) is 0.813. The Morgan fingerprint density at radius 3 is 0.677 bits per heavy atom. The van der Waals surface area contributed by atoms with E-state index in [1.54, 1.807) is 105 Å². The Labute approximate surface area is 836 Å². The van der Waals surface area contributed by atoms with Crippen LogP contribution in [0.2, 0.25) is 0 Å². The van der Waals surface area contributed by atoms with Crippen LogP contribution in [0.5, 0.6) is 11.5 Å². The molecule has 0 N–H and O–H groups in total. The Balaban J connectivity index is -0.0000000804. The molecule has 2 aliphatic rings. The fourth-order valence-electron chi connectivity index (χ4n) is 10.9. The van der Waals surface area contributed by atoms with Crippen molar-refractivity contribution in [1.82, 2.24) is 0 Å². The molecule has 0 heterocycles. The minimum absolute atomic E-state index is 0. The Hall–Kier alpha value is -9.59. The van der Waals surface area contributed by atoms with E-state index < -0.39 is 9.84 Å². The van der Waals surface area contributed by atoms with Crippen molar-refractivity contribution < 1.29 is 17.9 Å². The number of para-hydroxylation sites is 2. The minimum atomic E-state index is -3.34. The molecule has 2 fully saturated rings. The van der Waals surface area contributed by atoms with Crippen LogP contribution in [0, 0.1) is 18.8 Å². The predicted octanol–water partition coefficient (Wildman–Crippen LogP) is 44.7. The number of carbonyl (C=O) groups is 1. The molecule has 0 unspecified atom stereocenters. The summed E-state index contributed by atoms with van der Waals surface area (Å²) in [5.74, 6) is 4.06. The number of benzene rings is 12. The lowest BCUT2D eigenvalue weighted by atomic mass is 9.78. The molecule has 4 nitrogen and oxygen atoms in total. The van der Waals surface area contributed by atoms with E-state index in [1.165, 1.54) is 77.0 Å². The molecule has 12 aromatic rings. The number of hydrogen-bond acceptors (Lipinski definition) is 5. The van der Waals surface area contributed by atoms with Gasteiger partial charge in [-0.25, -0.2) is 8.42 Å². The van der Waals surface area contributed by atoms with Gasteiger partial charge >= 0.3 is 0 Å². The lowest BCUT2D eigenvalue weighted by Gasteiger charge is -2.28. The van der Waals surface area contributed by atoms with Gasteiger partial charge in [0.2, 0.25) is 9.84 Å². The van der Waals surface area contributed by atoms with E-state index in [9.17, 15) is 13.2 Å². The normalized spacial score (nSPS) is 9.58. The number of aryl methyl sites for hydroxylation is 2. The van der Waals surface area contributed by atoms with Crippen molar-refractivity contribution in [2.45, 2.75) is 377 Å². The summed E-state index contributed by atoms with van der Waals surface area (Å²) < 4.78 is 29.6. The first-order valence-electron chi connectivity index (χ1n) is 48.3. The smallest absolute Gasteiger partial charge is 0.206 e. The third-order valence-corrected chi connectivity index (χ3v) is 18.8. The fraction of sp³-hybridized carbons (Fsp3) is 0.425. The van der Waals surface area contributed by atoms with Crippen LogP contribution in [0.3, 0.4) is 0 Å². The van der Waals surface area contributed by atoms with Gasteiger partial charge in [0.15, 0.2) is 5.78 Å². The number of ether oxygens (including phenoxy) is 1. The van der Waals surface area contributed by atoms with Crippen molar-refractivity contribution in [3.05, 3.63) is 397 Å². The van der Waals surface area contributed by atoms with Gasteiger partial charge in [-0.15, -0.1) is 0 Å². The lowest BCUT2D eigenvalue weighted by molar-refractivity contribution is 0.103. The lowest BCUT2D eigenvalue weighted by Crippen LogP contribution is -2.14. The van der Waals surface area contributed by atoms with Crippen molar-refractivity contribution in [2.24, 2.45) is 11.8 Å². The molecule has 0 bridgehead atoms. The van der Waals surface area contributed by atoms with Gasteiger partial charge in [-0.1, -0.05) is 639 Å². The summed E-state index contributed by atoms with van der Waals surface area (Å²) in [5.41, 5.74) is 6.94. The van der Waals surface area contributed by atoms with Gasteiger partial charge in [0, 0.05) is 20.9 Å². The first kappa shape index (κ1) is 160. The van der Waals surface area contributed by atoms with Gasteiger partial charge in [-0.2, -0.15) is 0 Å². The molecular weight excluding hydrogens is 1650 g/mol. The van der Waals surface area contributed by atoms with Crippen LogP contribution < -0.4 is 4.74 Å². The second kappa shape index (κ2) is 131. The zero-order valence-corrected chi connectivity index (χ0v) is 86.3. The van der Waals surface area contributed by atoms with Crippen molar-refractivity contribution >= 4 is 27.4 Å². The van der Waals surface area contributed by atoms with E-state index in [0.29, 0.717) is 9.79 Å². The zero-order chi connectivity index (χ0) is 95.9. The first-order valence-corrected chi connectivity index (χ1v) is 50.6. The van der Waals surface area contributed by atoms with Crippen LogP contribution in [0.4, 0.5) is 0 Å². The van der Waals surface area contributed by atoms with E-state index in [2.05, 4.69) is 173 Å². The van der Waals surface area contributed by atoms with E-state index in [1.807, 2.05) is 338 Å². The topological polar surface area (TPSA) is 60.4 Å². The van der Waals surface area contributed by atoms with Crippen LogP contribution in [0.25, 0.3) is 0 Å². The summed E-state index contributed by atoms with van der Waals surface area (Å²) in [6, 6.07) is 118. The molecule has 14 rings (SSSR count). The maximum absolute atomic E-state index is 12.0. The van der Waals surface area contributed by atoms with Crippen LogP contribution in [-0.4, -0.2) is 14.2 Å². The Morgan fingerprint density at radius 1 is 0.271 bits per heavy atom. The number of sulfone groups is 1. The molecule has 0 aromatic heterocycles. The Kier molecular flexibility index (Phi) is 158. The standard InChI is InChI=1S/C13H10O.C13H24.C13H12.C12H10O2S.C12H10O.C12H10S.C8H10.C7H8.C3H8.13C2H6.8CH4/c14-13(11-7-3-1-4-8-11)12-9-5-2-6-10-12;2*1-3-7-12(8-4-1)11-13-9-5-2-6-10-13;13-15(14,11-7-3-1-4-8-11)12-9-5-2-6-10-12;2*1-3-7-11(8-4-1)13-12-9-5-2-6-10-12;1-2-8-6-4-3-5-7-8;1-7-5-3-2-4-6-7;1-3-2;13*1-2;;;;;;;;/h1-10H;12-13H,1-11H2;1-10H,11H2;1-10H;2*1-10H;3-7H,2H2,1H3;2-6H,1H3;3H2,1-2H3;13*1-2H3;8*1H4. The van der Waals surface area contributed by atoms with Crippen LogP contribution in [0.1, 0.15) is 375 Å². The fourth-order valence-corrected chi connectivity index (χ4v) is 13.1. The highest BCUT2D eigenvalue weighted by atomic mass is 32.2. The largest absolute Gasteiger partial charge is 0.457 e. The summed E-state index contributed by atoms with van der Waals surface area (Å²) in [6.45, 7) is 60.5. The van der Waals surface area contributed by atoms with Crippen LogP contribution >= 0.6 is 11.8 Å². The number of hydrogen-bond donors (Lipinski definition) is 0. The highest BCUT2D eigenvalue weighted by molar-refractivity contribution is 7.99. The second-order valence-electron chi connectivity index (χ2n) is 24.2.